The van der Waals surface area contributed by atoms with Crippen LogP contribution in [0.3, 0.4) is 0 Å². The molecule has 0 aliphatic heterocycles. The molecule has 90 valence electrons. The zero-order chi connectivity index (χ0) is 12.8. The van der Waals surface area contributed by atoms with Gasteiger partial charge in [0.05, 0.1) is 11.0 Å². The van der Waals surface area contributed by atoms with Crippen LogP contribution in [0.1, 0.15) is 12.5 Å². The van der Waals surface area contributed by atoms with Gasteiger partial charge >= 0.3 is 0 Å². The van der Waals surface area contributed by atoms with E-state index in [-0.39, 0.29) is 12.5 Å². The van der Waals surface area contributed by atoms with E-state index < -0.39 is 6.10 Å². The van der Waals surface area contributed by atoms with Gasteiger partial charge in [-0.25, -0.2) is 0 Å². The summed E-state index contributed by atoms with van der Waals surface area (Å²) in [4.78, 5) is 11.5. The Morgan fingerprint density at radius 3 is 2.94 bits per heavy atom. The fourth-order valence-corrected chi connectivity index (χ4v) is 1.81. The van der Waals surface area contributed by atoms with Gasteiger partial charge in [0.25, 0.3) is 5.91 Å². The van der Waals surface area contributed by atoms with Gasteiger partial charge in [0, 0.05) is 0 Å². The lowest BCUT2D eigenvalue weighted by Crippen LogP contribution is -2.36. The SMILES string of the molecule is C#CCNC(=O)C(C)Oc1ccc(C)cc1Br. The maximum atomic E-state index is 11.5. The lowest BCUT2D eigenvalue weighted by atomic mass is 10.2. The second kappa shape index (κ2) is 6.31. The third-order valence-electron chi connectivity index (χ3n) is 2.13. The molecular weight excluding hydrogens is 282 g/mol. The lowest BCUT2D eigenvalue weighted by Gasteiger charge is -2.15. The smallest absolute Gasteiger partial charge is 0.261 e. The standard InChI is InChI=1S/C13H14BrNO2/c1-4-7-15-13(16)10(3)17-12-6-5-9(2)8-11(12)14/h1,5-6,8,10H,7H2,2-3H3,(H,15,16). The summed E-state index contributed by atoms with van der Waals surface area (Å²) in [5.41, 5.74) is 1.12. The molecule has 0 radical (unpaired) electrons. The first-order valence-corrected chi connectivity index (χ1v) is 5.98. The fourth-order valence-electron chi connectivity index (χ4n) is 1.23. The highest BCUT2D eigenvalue weighted by atomic mass is 79.9. The van der Waals surface area contributed by atoms with Gasteiger partial charge in [-0.2, -0.15) is 0 Å². The Morgan fingerprint density at radius 1 is 1.65 bits per heavy atom. The van der Waals surface area contributed by atoms with Crippen molar-refractivity contribution < 1.29 is 9.53 Å². The molecule has 3 nitrogen and oxygen atoms in total. The molecule has 1 N–H and O–H groups in total. The van der Waals surface area contributed by atoms with E-state index in [1.54, 1.807) is 6.92 Å². The van der Waals surface area contributed by atoms with Crippen LogP contribution in [0.2, 0.25) is 0 Å². The highest BCUT2D eigenvalue weighted by Gasteiger charge is 2.14. The molecule has 1 rings (SSSR count). The van der Waals surface area contributed by atoms with Crippen LogP contribution in [0, 0.1) is 19.3 Å². The first-order valence-electron chi connectivity index (χ1n) is 5.18. The first kappa shape index (κ1) is 13.6. The van der Waals surface area contributed by atoms with E-state index in [0.717, 1.165) is 10.0 Å². The summed E-state index contributed by atoms with van der Waals surface area (Å²) in [7, 11) is 0. The molecule has 1 unspecified atom stereocenters. The predicted octanol–water partition coefficient (Wildman–Crippen LogP) is 2.27. The number of aryl methyl sites for hydroxylation is 1. The van der Waals surface area contributed by atoms with E-state index in [4.69, 9.17) is 11.2 Å². The van der Waals surface area contributed by atoms with Crippen molar-refractivity contribution in [1.29, 1.82) is 0 Å². The van der Waals surface area contributed by atoms with Crippen LogP contribution in [0.25, 0.3) is 0 Å². The van der Waals surface area contributed by atoms with Gasteiger partial charge in [0.2, 0.25) is 0 Å². The summed E-state index contributed by atoms with van der Waals surface area (Å²) in [6, 6.07) is 5.68. The highest BCUT2D eigenvalue weighted by Crippen LogP contribution is 2.26. The molecule has 1 atom stereocenters. The number of rotatable bonds is 4. The maximum Gasteiger partial charge on any atom is 0.261 e. The first-order chi connectivity index (χ1) is 8.04. The Labute approximate surface area is 110 Å². The Balaban J connectivity index is 2.65. The summed E-state index contributed by atoms with van der Waals surface area (Å²) in [5, 5.41) is 2.57. The van der Waals surface area contributed by atoms with Gasteiger partial charge in [-0.15, -0.1) is 6.42 Å². The normalized spacial score (nSPS) is 11.4. The Kier molecular flexibility index (Phi) is 5.05. The summed E-state index contributed by atoms with van der Waals surface area (Å²) in [6.45, 7) is 3.87. The van der Waals surface area contributed by atoms with Crippen LogP contribution in [-0.4, -0.2) is 18.6 Å². The topological polar surface area (TPSA) is 38.3 Å². The van der Waals surface area contributed by atoms with E-state index >= 15 is 0 Å². The van der Waals surface area contributed by atoms with E-state index in [0.29, 0.717) is 5.75 Å². The van der Waals surface area contributed by atoms with Crippen LogP contribution in [0.15, 0.2) is 22.7 Å². The minimum absolute atomic E-state index is 0.210. The van der Waals surface area contributed by atoms with E-state index in [9.17, 15) is 4.79 Å². The number of terminal acetylenes is 1. The molecule has 1 amide bonds. The van der Waals surface area contributed by atoms with Crippen molar-refractivity contribution in [2.45, 2.75) is 20.0 Å². The van der Waals surface area contributed by atoms with Gasteiger partial charge in [-0.3, -0.25) is 4.79 Å². The quantitative estimate of drug-likeness (QED) is 0.866. The van der Waals surface area contributed by atoms with Crippen molar-refractivity contribution >= 4 is 21.8 Å². The number of carbonyl (C=O) groups excluding carboxylic acids is 1. The molecule has 0 saturated heterocycles. The monoisotopic (exact) mass is 295 g/mol. The number of carbonyl (C=O) groups is 1. The minimum Gasteiger partial charge on any atom is -0.480 e. The molecular formula is C13H14BrNO2. The second-order valence-electron chi connectivity index (χ2n) is 3.62. The zero-order valence-electron chi connectivity index (χ0n) is 9.79. The summed E-state index contributed by atoms with van der Waals surface area (Å²) >= 11 is 3.39. The largest absolute Gasteiger partial charge is 0.480 e. The molecule has 0 heterocycles. The number of ether oxygens (including phenoxy) is 1. The van der Waals surface area contributed by atoms with Crippen molar-refractivity contribution in [2.75, 3.05) is 6.54 Å². The van der Waals surface area contributed by atoms with Gasteiger partial charge in [-0.05, 0) is 47.5 Å². The third-order valence-corrected chi connectivity index (χ3v) is 2.74. The second-order valence-corrected chi connectivity index (χ2v) is 4.47. The Hall–Kier alpha value is -1.47. The molecule has 17 heavy (non-hydrogen) atoms. The number of halogens is 1. The third kappa shape index (κ3) is 4.12. The number of benzene rings is 1. The average molecular weight is 296 g/mol. The van der Waals surface area contributed by atoms with Crippen LogP contribution in [-0.2, 0) is 4.79 Å². The van der Waals surface area contributed by atoms with Gasteiger partial charge in [0.15, 0.2) is 6.10 Å². The summed E-state index contributed by atoms with van der Waals surface area (Å²) in [6.07, 6.45) is 4.48. The minimum atomic E-state index is -0.581. The van der Waals surface area contributed by atoms with Gasteiger partial charge in [0.1, 0.15) is 5.75 Å². The van der Waals surface area contributed by atoms with Crippen molar-refractivity contribution in [3.63, 3.8) is 0 Å². The number of amides is 1. The average Bonchev–Trinajstić information content (AvgIpc) is 2.29. The fraction of sp³-hybridized carbons (Fsp3) is 0.308. The summed E-state index contributed by atoms with van der Waals surface area (Å²) in [5.74, 6) is 2.75. The molecule has 1 aromatic rings. The molecule has 0 bridgehead atoms. The zero-order valence-corrected chi connectivity index (χ0v) is 11.4. The predicted molar refractivity (Wildman–Crippen MR) is 70.8 cm³/mol. The highest BCUT2D eigenvalue weighted by molar-refractivity contribution is 9.10. The number of nitrogens with one attached hydrogen (secondary N) is 1. The molecule has 0 aromatic heterocycles. The van der Waals surface area contributed by atoms with Crippen LogP contribution < -0.4 is 10.1 Å². The summed E-state index contributed by atoms with van der Waals surface area (Å²) < 4.78 is 6.36. The van der Waals surface area contributed by atoms with E-state index in [2.05, 4.69) is 27.2 Å². The molecule has 1 aromatic carbocycles. The van der Waals surface area contributed by atoms with Crippen LogP contribution >= 0.6 is 15.9 Å². The van der Waals surface area contributed by atoms with Crippen molar-refractivity contribution in [3.8, 4) is 18.1 Å². The number of hydrogen-bond acceptors (Lipinski definition) is 2. The molecule has 0 saturated carbocycles. The molecule has 4 heteroatoms. The van der Waals surface area contributed by atoms with Crippen molar-refractivity contribution in [1.82, 2.24) is 5.32 Å². The lowest BCUT2D eigenvalue weighted by molar-refractivity contribution is -0.127. The van der Waals surface area contributed by atoms with Crippen molar-refractivity contribution in [3.05, 3.63) is 28.2 Å². The Bertz CT molecular complexity index is 451. The number of hydrogen-bond donors (Lipinski definition) is 1. The van der Waals surface area contributed by atoms with Gasteiger partial charge < -0.3 is 10.1 Å². The molecule has 0 aliphatic rings. The Morgan fingerprint density at radius 2 is 2.35 bits per heavy atom. The van der Waals surface area contributed by atoms with E-state index in [1.165, 1.54) is 0 Å². The maximum absolute atomic E-state index is 11.5. The van der Waals surface area contributed by atoms with Crippen LogP contribution in [0.4, 0.5) is 0 Å². The molecule has 0 fully saturated rings. The van der Waals surface area contributed by atoms with E-state index in [1.807, 2.05) is 25.1 Å². The molecule has 0 aliphatic carbocycles. The molecule has 0 spiro atoms. The van der Waals surface area contributed by atoms with Gasteiger partial charge in [-0.1, -0.05) is 12.0 Å². The van der Waals surface area contributed by atoms with Crippen LogP contribution in [0.5, 0.6) is 5.75 Å². The van der Waals surface area contributed by atoms with Crippen molar-refractivity contribution in [2.24, 2.45) is 0 Å².